The van der Waals surface area contributed by atoms with Gasteiger partial charge in [-0.2, -0.15) is 0 Å². The zero-order chi connectivity index (χ0) is 106. The molecule has 20 aromatic rings. The van der Waals surface area contributed by atoms with Crippen molar-refractivity contribution in [1.29, 1.82) is 0 Å². The number of aromatic nitrogens is 8. The van der Waals surface area contributed by atoms with Gasteiger partial charge in [-0.25, -0.2) is 0 Å². The van der Waals surface area contributed by atoms with Crippen LogP contribution in [0.4, 0.5) is 0 Å². The van der Waals surface area contributed by atoms with E-state index in [4.69, 9.17) is 20.6 Å². The molecule has 20 rings (SSSR count). The SMILES string of the molecule is CCc1cc(-c2[c-]cccc2)ncc1-c1ccccc1.Cc1cc(-c2[c-]cccc2)ncc1-c1ccccc1.Cc1cc(-c2[c-]cccc2)ncc1-c1ccccc1.[2H]C([2H])(C)c1ccc(-c2[c-]cccc2)nc1.[2H]C([2H])(C)c1ccc(-c2[c-]cccc2)nc1.[2H]C([2H])([2H])C([2H])([2H])c1cc(-c2[c-]cccc2)ncc1-c1ccccc1.[2H]C([2H])([2H])c1cnc(-c2[c-]cccc2)cc1C.[2H]C([2H])([2H])c1cnc(-c2[c-]cccc2)cc1C.[Ir].[Ir].[Ir].[Ir]. The van der Waals surface area contributed by atoms with Crippen LogP contribution in [-0.2, 0) is 106 Å². The molecular formula is C126H108Ir4N8-8. The Balaban J connectivity index is 0.000000194. The molecule has 0 spiro atoms. The number of aryl methyl sites for hydroxylation is 10. The summed E-state index contributed by atoms with van der Waals surface area (Å²) in [5, 5.41) is 0. The summed E-state index contributed by atoms with van der Waals surface area (Å²) in [6, 6.07) is 145. The van der Waals surface area contributed by atoms with Gasteiger partial charge in [0.25, 0.3) is 0 Å². The van der Waals surface area contributed by atoms with Gasteiger partial charge in [-0.15, -0.1) is 287 Å². The third-order valence-electron chi connectivity index (χ3n) is 21.2. The van der Waals surface area contributed by atoms with E-state index in [2.05, 4.69) is 176 Å². The Morgan fingerprint density at radius 2 is 0.449 bits per heavy atom. The number of hydrogen-bond donors (Lipinski definition) is 0. The summed E-state index contributed by atoms with van der Waals surface area (Å²) in [6.45, 7) is 6.05. The standard InChI is InChI=1S/2C19H16N.2C18H14N.4C13H12N.4Ir/c2*1-2-15-13-19(17-11-7-4-8-12-17)20-14-18(15)16-9-5-3-6-10-16;2*1-14-12-18(16-10-6-3-7-11-16)19-13-17(14)15-8-4-2-5-9-15;2*1-10-8-13(14-9-11(10)2)12-6-4-3-5-7-12;2*1-2-11-8-9-13(14-10-11)12-6-4-3-5-7-12;;;;/h2*3-11,13-14H,2H2,1H3;2*2-10,12-13H,1H3;2*3-6,8-9H,1-2H3;2*3-6,8-10H,2H2,1H3;;;;/q8*-1;;;;/i1D3,2D2;;;;2*2D3;2*2D2;;;;. The number of hydrogen-bond acceptors (Lipinski definition) is 8. The van der Waals surface area contributed by atoms with Crippen molar-refractivity contribution >= 4 is 0 Å². The topological polar surface area (TPSA) is 103 Å². The van der Waals surface area contributed by atoms with Gasteiger partial charge in [0.1, 0.15) is 0 Å². The maximum Gasteiger partial charge on any atom is 0.0314 e. The maximum atomic E-state index is 8.23. The predicted octanol–water partition coefficient (Wildman–Crippen LogP) is 31.1. The van der Waals surface area contributed by atoms with Gasteiger partial charge in [0.2, 0.25) is 0 Å². The average molecular weight is 2520 g/mol. The first kappa shape index (κ1) is 87.2. The molecular weight excluding hydrogens is 2390 g/mol. The van der Waals surface area contributed by atoms with E-state index in [0.717, 1.165) is 102 Å². The van der Waals surface area contributed by atoms with E-state index in [1.807, 2.05) is 286 Å². The summed E-state index contributed by atoms with van der Waals surface area (Å²) in [7, 11) is 0. The van der Waals surface area contributed by atoms with Crippen LogP contribution in [0.25, 0.3) is 135 Å². The van der Waals surface area contributed by atoms with Crippen LogP contribution in [0.3, 0.4) is 0 Å². The molecule has 0 atom stereocenters. The van der Waals surface area contributed by atoms with Gasteiger partial charge in [0, 0.05) is 173 Å². The Labute approximate surface area is 892 Å². The van der Waals surface area contributed by atoms with Gasteiger partial charge in [0.05, 0.1) is 0 Å². The van der Waals surface area contributed by atoms with Gasteiger partial charge in [0.15, 0.2) is 0 Å². The molecule has 8 heterocycles. The fourth-order valence-electron chi connectivity index (χ4n) is 13.8. The van der Waals surface area contributed by atoms with Crippen molar-refractivity contribution in [2.45, 2.75) is 94.6 Å². The van der Waals surface area contributed by atoms with Crippen LogP contribution in [0.15, 0.2) is 426 Å². The molecule has 0 unspecified atom stereocenters. The molecule has 12 heteroatoms. The Morgan fingerprint density at radius 3 is 0.681 bits per heavy atom. The van der Waals surface area contributed by atoms with Crippen LogP contribution in [-0.4, -0.2) is 39.9 Å². The van der Waals surface area contributed by atoms with Gasteiger partial charge in [-0.05, 0) is 179 Å². The normalized spacial score (nSPS) is 12.2. The van der Waals surface area contributed by atoms with E-state index in [1.165, 1.54) is 88.6 Å². The zero-order valence-electron chi connectivity index (χ0n) is 92.0. The fourth-order valence-corrected chi connectivity index (χ4v) is 13.8. The summed E-state index contributed by atoms with van der Waals surface area (Å²) in [4.78, 5) is 35.0. The van der Waals surface area contributed by atoms with Crippen LogP contribution in [0.1, 0.15) is 104 Å². The molecule has 0 bridgehead atoms. The first-order valence-electron chi connectivity index (χ1n) is 51.3. The molecule has 8 nitrogen and oxygen atoms in total. The van der Waals surface area contributed by atoms with Crippen molar-refractivity contribution in [1.82, 2.24) is 39.9 Å². The van der Waals surface area contributed by atoms with Crippen LogP contribution in [0, 0.1) is 89.9 Å². The number of rotatable bonds is 16. The minimum atomic E-state index is -2.80. The van der Waals surface area contributed by atoms with E-state index < -0.39 is 39.7 Å². The average Bonchev–Trinajstić information content (AvgIpc) is 0.757. The van der Waals surface area contributed by atoms with Gasteiger partial charge in [-0.1, -0.05) is 221 Å². The van der Waals surface area contributed by atoms with Crippen molar-refractivity contribution in [2.75, 3.05) is 0 Å². The monoisotopic (exact) mass is 2520 g/mol. The summed E-state index contributed by atoms with van der Waals surface area (Å²) in [5.41, 5.74) is 29.4. The first-order chi connectivity index (χ1) is 71.5. The Morgan fingerprint density at radius 1 is 0.217 bits per heavy atom. The quantitative estimate of drug-likeness (QED) is 0.0882. The second kappa shape index (κ2) is 58.1. The zero-order valence-corrected chi connectivity index (χ0v) is 86.6. The summed E-state index contributed by atoms with van der Waals surface area (Å²) >= 11 is 0. The molecule has 0 fully saturated rings. The molecule has 8 aromatic heterocycles. The Kier molecular flexibility index (Phi) is 36.7. The molecule has 12 aromatic carbocycles. The molecule has 0 aliphatic rings. The third-order valence-corrected chi connectivity index (χ3v) is 21.2. The first-order valence-corrected chi connectivity index (χ1v) is 43.8. The molecule has 0 aliphatic carbocycles. The van der Waals surface area contributed by atoms with Crippen molar-refractivity contribution in [2.24, 2.45) is 0 Å². The van der Waals surface area contributed by atoms with Gasteiger partial charge < -0.3 is 39.9 Å². The molecule has 0 amide bonds. The smallest absolute Gasteiger partial charge is 0.0314 e. The molecule has 0 N–H and O–H groups in total. The van der Waals surface area contributed by atoms with Crippen LogP contribution < -0.4 is 0 Å². The summed E-state index contributed by atoms with van der Waals surface area (Å²) in [5.74, 6) is 0. The molecule has 0 saturated heterocycles. The fraction of sp³-hybridized carbons (Fsp3) is 0.111. The van der Waals surface area contributed by atoms with Crippen LogP contribution >= 0.6 is 0 Å². The minimum absolute atomic E-state index is 0. The summed E-state index contributed by atoms with van der Waals surface area (Å²) < 4.78 is 114. The van der Waals surface area contributed by atoms with Gasteiger partial charge in [-0.3, -0.25) is 0 Å². The van der Waals surface area contributed by atoms with E-state index >= 15 is 0 Å². The molecule has 696 valence electrons. The number of benzene rings is 12. The second-order valence-corrected chi connectivity index (χ2v) is 30.4. The van der Waals surface area contributed by atoms with E-state index in [0.29, 0.717) is 39.1 Å². The number of nitrogens with zero attached hydrogens (tertiary/aromatic N) is 8. The van der Waals surface area contributed by atoms with Crippen molar-refractivity contribution in [3.05, 3.63) is 530 Å². The largest absolute Gasteiger partial charge is 0.304 e. The summed E-state index contributed by atoms with van der Waals surface area (Å²) in [6.07, 6.45) is 9.22. The maximum absolute atomic E-state index is 8.23. The third kappa shape index (κ3) is 32.3. The van der Waals surface area contributed by atoms with Crippen molar-refractivity contribution in [3.8, 4) is 135 Å². The van der Waals surface area contributed by atoms with Gasteiger partial charge >= 0.3 is 0 Å². The molecule has 4 radical (unpaired) electrons. The Bertz CT molecular complexity index is 7270. The number of pyridine rings is 8. The predicted molar refractivity (Wildman–Crippen MR) is 556 cm³/mol. The molecule has 138 heavy (non-hydrogen) atoms. The van der Waals surface area contributed by atoms with Crippen molar-refractivity contribution in [3.63, 3.8) is 0 Å². The van der Waals surface area contributed by atoms with Crippen LogP contribution in [0.5, 0.6) is 0 Å². The Hall–Kier alpha value is -13.6. The van der Waals surface area contributed by atoms with E-state index in [9.17, 15) is 0 Å². The van der Waals surface area contributed by atoms with E-state index in [-0.39, 0.29) is 86.0 Å². The molecule has 0 aliphatic heterocycles. The van der Waals surface area contributed by atoms with Crippen molar-refractivity contribution < 1.29 is 101 Å². The minimum Gasteiger partial charge on any atom is -0.304 e. The molecule has 0 saturated carbocycles. The van der Waals surface area contributed by atoms with Crippen LogP contribution in [0.2, 0.25) is 0 Å². The second-order valence-electron chi connectivity index (χ2n) is 30.4. The van der Waals surface area contributed by atoms with E-state index in [1.54, 1.807) is 62.6 Å².